The fraction of sp³-hybridized carbons (Fsp3) is 0.635. The monoisotopic (exact) mass is 1010 g/mol. The van der Waals surface area contributed by atoms with Gasteiger partial charge in [-0.3, -0.25) is 0 Å². The van der Waals surface area contributed by atoms with Gasteiger partial charge in [-0.1, -0.05) is 189 Å². The standard InChI is InChI=1S/C14H20O.C13H18O.C12H16O2S.C8H15O.2C2H6.CH4.Re/c1-9(2)12-10-7-5-6-8-11(10)14(3,4)13(12)15;1-9(2)13-11-6-4-3-5-10(11)7-8-12(13)14;1-9(2)12-8-15(13,14)7-10-5-3-4-6-11(10)12;1-6(2)7-4-3-5-8(7)9;2*1-2;;/h5-9,12-13,15H,1-4H3;3-6,9,12-14H,7-8H2,1-2H3;3-6,9,12H,7-8H2,1-2H3;4,6-9H,3,5H2,1-2H3;2*1-2H3;1H4;/q;;;-1;;;;. The first-order valence-corrected chi connectivity index (χ1v) is 24.0. The summed E-state index contributed by atoms with van der Waals surface area (Å²) >= 11 is 0. The number of fused-ring (bicyclic) bond motifs is 3. The molecule has 0 saturated heterocycles. The quantitative estimate of drug-likeness (QED) is 0.226. The van der Waals surface area contributed by atoms with Crippen LogP contribution in [0.1, 0.15) is 175 Å². The van der Waals surface area contributed by atoms with E-state index < -0.39 is 9.84 Å². The van der Waals surface area contributed by atoms with Crippen molar-refractivity contribution in [3.05, 3.63) is 113 Å². The van der Waals surface area contributed by atoms with E-state index in [2.05, 4.69) is 130 Å². The number of aliphatic hydroxyl groups excluding tert-OH is 3. The maximum Gasteiger partial charge on any atom is 0.155 e. The van der Waals surface area contributed by atoms with Gasteiger partial charge in [0.25, 0.3) is 0 Å². The molecule has 0 aromatic heterocycles. The van der Waals surface area contributed by atoms with E-state index in [9.17, 15) is 23.7 Å². The Labute approximate surface area is 377 Å². The van der Waals surface area contributed by atoms with Crippen molar-refractivity contribution >= 4 is 9.84 Å². The zero-order valence-electron chi connectivity index (χ0n) is 38.5. The fourth-order valence-electron chi connectivity index (χ4n) is 9.22. The van der Waals surface area contributed by atoms with Crippen LogP contribution in [0.4, 0.5) is 0 Å². The van der Waals surface area contributed by atoms with Crippen LogP contribution in [0.2, 0.25) is 0 Å². The van der Waals surface area contributed by atoms with E-state index in [0.29, 0.717) is 41.3 Å². The van der Waals surface area contributed by atoms with Gasteiger partial charge in [-0.2, -0.15) is 6.42 Å². The molecule has 7 atom stereocenters. The SMILES string of the molecule is C.CC.CC.CC(C)C1CS(=O)(=O)Cc2ccccc21.CC(C)C1[CH-]CCC1O.CC(C)C1c2ccccc2C(C)(C)C1O.CC(C)C1c2ccccc2CCC1O.[Re]. The molecule has 3 aromatic carbocycles. The molecule has 3 N–H and O–H groups in total. The van der Waals surface area contributed by atoms with E-state index in [-0.39, 0.29) is 69.2 Å². The summed E-state index contributed by atoms with van der Waals surface area (Å²) < 4.78 is 23.5. The molecule has 1 fully saturated rings. The molecular weight excluding hydrogens is 923 g/mol. The Hall–Kier alpha value is -1.85. The molecule has 7 rings (SSSR count). The number of rotatable bonds is 4. The van der Waals surface area contributed by atoms with Crippen molar-refractivity contribution in [2.75, 3.05) is 5.75 Å². The van der Waals surface area contributed by atoms with Crippen molar-refractivity contribution in [3.8, 4) is 0 Å². The Morgan fingerprint density at radius 3 is 1.59 bits per heavy atom. The van der Waals surface area contributed by atoms with E-state index in [1.54, 1.807) is 0 Å². The number of benzene rings is 3. The van der Waals surface area contributed by atoms with E-state index >= 15 is 0 Å². The topological polar surface area (TPSA) is 94.8 Å². The Kier molecular flexibility index (Phi) is 25.8. The van der Waals surface area contributed by atoms with Crippen molar-refractivity contribution in [3.63, 3.8) is 0 Å². The van der Waals surface area contributed by atoms with Crippen molar-refractivity contribution < 1.29 is 44.2 Å². The molecule has 4 aliphatic rings. The Morgan fingerprint density at radius 1 is 0.627 bits per heavy atom. The van der Waals surface area contributed by atoms with Crippen LogP contribution in [0.3, 0.4) is 0 Å². The molecule has 3 aliphatic carbocycles. The molecule has 59 heavy (non-hydrogen) atoms. The predicted octanol–water partition coefficient (Wildman–Crippen LogP) is 12.5. The third-order valence-corrected chi connectivity index (χ3v) is 13.9. The molecule has 1 aliphatic heterocycles. The Balaban J connectivity index is 0.000000740. The first-order valence-electron chi connectivity index (χ1n) is 22.2. The van der Waals surface area contributed by atoms with Gasteiger partial charge in [-0.25, -0.2) is 8.42 Å². The second-order valence-electron chi connectivity index (χ2n) is 17.9. The van der Waals surface area contributed by atoms with Crippen LogP contribution >= 0.6 is 0 Å². The van der Waals surface area contributed by atoms with Crippen molar-refractivity contribution in [2.24, 2.45) is 29.6 Å². The summed E-state index contributed by atoms with van der Waals surface area (Å²) in [4.78, 5) is 0. The zero-order valence-corrected chi connectivity index (χ0v) is 42.1. The first kappa shape index (κ1) is 57.2. The summed E-state index contributed by atoms with van der Waals surface area (Å²) in [5, 5.41) is 29.7. The molecule has 1 heterocycles. The minimum atomic E-state index is -2.89. The number of aryl methyl sites for hydroxylation is 1. The summed E-state index contributed by atoms with van der Waals surface area (Å²) in [6.45, 7) is 29.5. The molecule has 1 saturated carbocycles. The number of hydrogen-bond acceptors (Lipinski definition) is 5. The maximum absolute atomic E-state index is 11.7. The fourth-order valence-corrected chi connectivity index (χ4v) is 11.2. The average molecular weight is 1010 g/mol. The van der Waals surface area contributed by atoms with Crippen molar-refractivity contribution in [2.45, 2.75) is 177 Å². The molecular formula is C52H85O5ReS-. The van der Waals surface area contributed by atoms with Gasteiger partial charge in [0, 0.05) is 49.7 Å². The van der Waals surface area contributed by atoms with Crippen LogP contribution in [-0.2, 0) is 47.8 Å². The largest absolute Gasteiger partial charge is 0.396 e. The van der Waals surface area contributed by atoms with Gasteiger partial charge in [0.15, 0.2) is 9.84 Å². The van der Waals surface area contributed by atoms with E-state index in [4.69, 9.17) is 0 Å². The van der Waals surface area contributed by atoms with Crippen LogP contribution in [0, 0.1) is 36.0 Å². The van der Waals surface area contributed by atoms with Gasteiger partial charge < -0.3 is 21.7 Å². The summed E-state index contributed by atoms with van der Waals surface area (Å²) in [6, 6.07) is 24.9. The van der Waals surface area contributed by atoms with E-state index in [1.165, 1.54) is 27.8 Å². The minimum Gasteiger partial charge on any atom is -0.396 e. The van der Waals surface area contributed by atoms with Crippen LogP contribution in [0.15, 0.2) is 72.8 Å². The van der Waals surface area contributed by atoms with Crippen molar-refractivity contribution in [1.29, 1.82) is 0 Å². The van der Waals surface area contributed by atoms with Crippen LogP contribution in [0.25, 0.3) is 0 Å². The second kappa shape index (κ2) is 26.6. The summed E-state index contributed by atoms with van der Waals surface area (Å²) in [5.74, 6) is 3.77. The van der Waals surface area contributed by atoms with Gasteiger partial charge >= 0.3 is 0 Å². The number of aliphatic hydroxyl groups is 3. The van der Waals surface area contributed by atoms with E-state index in [1.807, 2.05) is 45.9 Å². The molecule has 7 unspecified atom stereocenters. The molecule has 5 nitrogen and oxygen atoms in total. The molecule has 7 heteroatoms. The van der Waals surface area contributed by atoms with Crippen LogP contribution in [-0.4, -0.2) is 47.8 Å². The zero-order chi connectivity index (χ0) is 43.2. The second-order valence-corrected chi connectivity index (χ2v) is 20.0. The summed E-state index contributed by atoms with van der Waals surface area (Å²) in [6.07, 6.45) is 5.81. The smallest absolute Gasteiger partial charge is 0.155 e. The Morgan fingerprint density at radius 2 is 1.12 bits per heavy atom. The van der Waals surface area contributed by atoms with Gasteiger partial charge in [-0.05, 0) is 64.0 Å². The third-order valence-electron chi connectivity index (χ3n) is 12.3. The van der Waals surface area contributed by atoms with E-state index in [0.717, 1.165) is 31.2 Å². The van der Waals surface area contributed by atoms with Gasteiger partial charge in [0.2, 0.25) is 0 Å². The maximum atomic E-state index is 11.7. The average Bonchev–Trinajstić information content (AvgIpc) is 3.70. The molecule has 337 valence electrons. The third kappa shape index (κ3) is 15.2. The van der Waals surface area contributed by atoms with Crippen LogP contribution < -0.4 is 0 Å². The number of sulfone groups is 1. The molecule has 0 spiro atoms. The summed E-state index contributed by atoms with van der Waals surface area (Å²) in [7, 11) is -2.89. The van der Waals surface area contributed by atoms with Crippen LogP contribution in [0.5, 0.6) is 0 Å². The normalized spacial score (nSPS) is 25.1. The number of hydrogen-bond donors (Lipinski definition) is 3. The molecule has 0 amide bonds. The van der Waals surface area contributed by atoms with Gasteiger partial charge in [-0.15, -0.1) is 5.92 Å². The van der Waals surface area contributed by atoms with Crippen molar-refractivity contribution in [1.82, 2.24) is 0 Å². The summed E-state index contributed by atoms with van der Waals surface area (Å²) in [5.41, 5.74) is 7.55. The molecule has 0 bridgehead atoms. The molecule has 3 aromatic rings. The predicted molar refractivity (Wildman–Crippen MR) is 250 cm³/mol. The first-order chi connectivity index (χ1) is 26.9. The minimum absolute atomic E-state index is 0. The molecule has 1 radical (unpaired) electrons. The van der Waals surface area contributed by atoms with Gasteiger partial charge in [0.1, 0.15) is 0 Å². The van der Waals surface area contributed by atoms with Gasteiger partial charge in [0.05, 0.1) is 23.7 Å². The Bertz CT molecular complexity index is 1720.